The van der Waals surface area contributed by atoms with Crippen LogP contribution < -0.4 is 15.8 Å². The van der Waals surface area contributed by atoms with Gasteiger partial charge < -0.3 is 19.5 Å². The third-order valence-electron chi connectivity index (χ3n) is 4.57. The lowest BCUT2D eigenvalue weighted by atomic mass is 10.2. The second kappa shape index (κ2) is 7.67. The molecular formula is C18H23N5O4. The Morgan fingerprint density at radius 1 is 1.30 bits per heavy atom. The van der Waals surface area contributed by atoms with Gasteiger partial charge in [0.05, 0.1) is 13.2 Å². The van der Waals surface area contributed by atoms with Gasteiger partial charge in [-0.2, -0.15) is 0 Å². The first-order valence-corrected chi connectivity index (χ1v) is 8.57. The lowest BCUT2D eigenvalue weighted by Crippen LogP contribution is -2.53. The van der Waals surface area contributed by atoms with Gasteiger partial charge in [-0.3, -0.25) is 24.1 Å². The third kappa shape index (κ3) is 3.72. The van der Waals surface area contributed by atoms with Gasteiger partial charge in [0, 0.05) is 51.9 Å². The van der Waals surface area contributed by atoms with Crippen molar-refractivity contribution in [3.8, 4) is 0 Å². The zero-order chi connectivity index (χ0) is 19.6. The number of carbonyl (C=O) groups excluding carboxylic acids is 2. The summed E-state index contributed by atoms with van der Waals surface area (Å²) >= 11 is 0. The summed E-state index contributed by atoms with van der Waals surface area (Å²) in [6, 6.07) is 4.99. The lowest BCUT2D eigenvalue weighted by molar-refractivity contribution is 0.0634. The van der Waals surface area contributed by atoms with Crippen molar-refractivity contribution in [1.82, 2.24) is 19.5 Å². The SMILES string of the molecule is COCCN1CN(C)n2cc(C(=O)NCc3cccn3C)c(=O)cc2C1=O. The first kappa shape index (κ1) is 18.7. The van der Waals surface area contributed by atoms with Crippen molar-refractivity contribution >= 4 is 11.8 Å². The summed E-state index contributed by atoms with van der Waals surface area (Å²) < 4.78 is 8.46. The van der Waals surface area contributed by atoms with Crippen LogP contribution in [0, 0.1) is 0 Å². The van der Waals surface area contributed by atoms with Crippen LogP contribution in [0.2, 0.25) is 0 Å². The summed E-state index contributed by atoms with van der Waals surface area (Å²) in [6.07, 6.45) is 3.30. The molecule has 2 aromatic rings. The molecule has 144 valence electrons. The molecule has 0 saturated carbocycles. The number of aromatic nitrogens is 2. The van der Waals surface area contributed by atoms with Crippen LogP contribution >= 0.6 is 0 Å². The van der Waals surface area contributed by atoms with E-state index in [4.69, 9.17) is 4.74 Å². The van der Waals surface area contributed by atoms with Crippen LogP contribution in [0.4, 0.5) is 0 Å². The number of hydrogen-bond donors (Lipinski definition) is 1. The van der Waals surface area contributed by atoms with Crippen LogP contribution in [0.3, 0.4) is 0 Å². The van der Waals surface area contributed by atoms with E-state index in [2.05, 4.69) is 5.32 Å². The fraction of sp³-hybridized carbons (Fsp3) is 0.389. The molecule has 9 nitrogen and oxygen atoms in total. The highest BCUT2D eigenvalue weighted by Crippen LogP contribution is 2.12. The smallest absolute Gasteiger partial charge is 0.274 e. The predicted molar refractivity (Wildman–Crippen MR) is 99.2 cm³/mol. The highest BCUT2D eigenvalue weighted by Gasteiger charge is 2.28. The fourth-order valence-electron chi connectivity index (χ4n) is 3.00. The van der Waals surface area contributed by atoms with Crippen LogP contribution in [-0.2, 0) is 18.3 Å². The van der Waals surface area contributed by atoms with Crippen molar-refractivity contribution in [3.05, 3.63) is 57.8 Å². The number of nitrogens with one attached hydrogen (secondary N) is 1. The average molecular weight is 373 g/mol. The number of rotatable bonds is 6. The Morgan fingerprint density at radius 3 is 2.74 bits per heavy atom. The third-order valence-corrected chi connectivity index (χ3v) is 4.57. The fourth-order valence-corrected chi connectivity index (χ4v) is 3.00. The summed E-state index contributed by atoms with van der Waals surface area (Å²) in [5.41, 5.74) is 0.658. The number of amides is 2. The van der Waals surface area contributed by atoms with Crippen molar-refractivity contribution in [2.75, 3.05) is 39.0 Å². The number of methoxy groups -OCH3 is 1. The van der Waals surface area contributed by atoms with E-state index in [0.29, 0.717) is 26.4 Å². The van der Waals surface area contributed by atoms with E-state index in [1.165, 1.54) is 12.3 Å². The molecule has 1 aliphatic rings. The zero-order valence-electron chi connectivity index (χ0n) is 15.6. The van der Waals surface area contributed by atoms with Crippen molar-refractivity contribution in [1.29, 1.82) is 0 Å². The average Bonchev–Trinajstić information content (AvgIpc) is 3.06. The lowest BCUT2D eigenvalue weighted by Gasteiger charge is -2.37. The van der Waals surface area contributed by atoms with Crippen LogP contribution in [0.1, 0.15) is 26.5 Å². The Balaban J connectivity index is 1.82. The molecule has 1 aliphatic heterocycles. The molecular weight excluding hydrogens is 350 g/mol. The van der Waals surface area contributed by atoms with Crippen LogP contribution in [0.15, 0.2) is 35.4 Å². The van der Waals surface area contributed by atoms with Crippen molar-refractivity contribution in [3.63, 3.8) is 0 Å². The highest BCUT2D eigenvalue weighted by atomic mass is 16.5. The predicted octanol–water partition coefficient (Wildman–Crippen LogP) is -0.256. The minimum Gasteiger partial charge on any atom is -0.383 e. The second-order valence-corrected chi connectivity index (χ2v) is 6.43. The molecule has 0 unspecified atom stereocenters. The minimum atomic E-state index is -0.485. The Bertz CT molecular complexity index is 917. The molecule has 0 radical (unpaired) electrons. The number of ether oxygens (including phenoxy) is 1. The molecule has 0 atom stereocenters. The molecule has 0 bridgehead atoms. The number of carbonyl (C=O) groups is 2. The Kier molecular flexibility index (Phi) is 5.31. The maximum absolute atomic E-state index is 12.6. The van der Waals surface area contributed by atoms with Crippen molar-refractivity contribution in [2.45, 2.75) is 6.54 Å². The molecule has 9 heteroatoms. The number of nitrogens with zero attached hydrogens (tertiary/aromatic N) is 4. The van der Waals surface area contributed by atoms with E-state index in [1.807, 2.05) is 29.9 Å². The molecule has 0 aliphatic carbocycles. The normalized spacial score (nSPS) is 13.7. The molecule has 2 aromatic heterocycles. The molecule has 0 spiro atoms. The molecule has 0 aromatic carbocycles. The second-order valence-electron chi connectivity index (χ2n) is 6.43. The molecule has 1 N–H and O–H groups in total. The van der Waals surface area contributed by atoms with E-state index in [-0.39, 0.29) is 17.2 Å². The van der Waals surface area contributed by atoms with Crippen LogP contribution in [-0.4, -0.2) is 59.9 Å². The van der Waals surface area contributed by atoms with E-state index in [9.17, 15) is 14.4 Å². The summed E-state index contributed by atoms with van der Waals surface area (Å²) in [5.74, 6) is -0.739. The first-order valence-electron chi connectivity index (χ1n) is 8.57. The number of pyridine rings is 1. The van der Waals surface area contributed by atoms with Gasteiger partial charge in [0.25, 0.3) is 11.8 Å². The maximum atomic E-state index is 12.6. The van der Waals surface area contributed by atoms with E-state index in [0.717, 1.165) is 5.69 Å². The van der Waals surface area contributed by atoms with E-state index >= 15 is 0 Å². The Labute approximate surface area is 156 Å². The monoisotopic (exact) mass is 373 g/mol. The van der Waals surface area contributed by atoms with E-state index in [1.54, 1.807) is 28.7 Å². The molecule has 27 heavy (non-hydrogen) atoms. The van der Waals surface area contributed by atoms with Gasteiger partial charge in [-0.1, -0.05) is 0 Å². The Hall–Kier alpha value is -3.07. The summed E-state index contributed by atoms with van der Waals surface area (Å²) in [5, 5.41) is 4.51. The zero-order valence-corrected chi connectivity index (χ0v) is 15.6. The van der Waals surface area contributed by atoms with Crippen LogP contribution in [0.5, 0.6) is 0 Å². The van der Waals surface area contributed by atoms with Gasteiger partial charge in [-0.25, -0.2) is 0 Å². The quantitative estimate of drug-likeness (QED) is 0.754. The van der Waals surface area contributed by atoms with Gasteiger partial charge in [0.1, 0.15) is 17.9 Å². The molecule has 2 amide bonds. The topological polar surface area (TPSA) is 88.8 Å². The van der Waals surface area contributed by atoms with Gasteiger partial charge in [0.15, 0.2) is 5.43 Å². The number of hydrogen-bond acceptors (Lipinski definition) is 5. The summed E-state index contributed by atoms with van der Waals surface area (Å²) in [7, 11) is 5.23. The molecule has 0 fully saturated rings. The molecule has 3 heterocycles. The molecule has 3 rings (SSSR count). The standard InChI is InChI=1S/C18H23N5O4/c1-20-6-4-5-13(20)10-19-17(25)14-11-23-15(9-16(14)24)18(26)22(7-8-27-3)12-21(23)2/h4-6,9,11H,7-8,10,12H2,1-3H3,(H,19,25). The number of fused-ring (bicyclic) bond motifs is 1. The van der Waals surface area contributed by atoms with Gasteiger partial charge in [0.2, 0.25) is 0 Å². The van der Waals surface area contributed by atoms with Gasteiger partial charge in [-0.05, 0) is 12.1 Å². The van der Waals surface area contributed by atoms with E-state index < -0.39 is 11.3 Å². The highest BCUT2D eigenvalue weighted by molar-refractivity contribution is 5.97. The Morgan fingerprint density at radius 2 is 2.07 bits per heavy atom. The maximum Gasteiger partial charge on any atom is 0.274 e. The molecule has 0 saturated heterocycles. The summed E-state index contributed by atoms with van der Waals surface area (Å²) in [6.45, 7) is 1.47. The first-order chi connectivity index (χ1) is 12.9. The largest absolute Gasteiger partial charge is 0.383 e. The van der Waals surface area contributed by atoms with Crippen molar-refractivity contribution < 1.29 is 14.3 Å². The van der Waals surface area contributed by atoms with Crippen LogP contribution in [0.25, 0.3) is 0 Å². The summed E-state index contributed by atoms with van der Waals surface area (Å²) in [4.78, 5) is 39.1. The van der Waals surface area contributed by atoms with Gasteiger partial charge in [-0.15, -0.1) is 0 Å². The van der Waals surface area contributed by atoms with Gasteiger partial charge >= 0.3 is 0 Å². The number of aryl methyl sites for hydroxylation is 1. The van der Waals surface area contributed by atoms with Crippen molar-refractivity contribution in [2.24, 2.45) is 7.05 Å². The minimum absolute atomic E-state index is 0.00190.